The van der Waals surface area contributed by atoms with E-state index in [9.17, 15) is 9.90 Å². The lowest BCUT2D eigenvalue weighted by molar-refractivity contribution is 0.0700. The number of carbonyl (C=O) groups is 1. The Balaban J connectivity index is 2.91. The summed E-state index contributed by atoms with van der Waals surface area (Å²) < 4.78 is 0.858. The number of benzene rings is 1. The maximum absolute atomic E-state index is 11.3. The molecule has 0 aliphatic heterocycles. The van der Waals surface area contributed by atoms with Gasteiger partial charge >= 0.3 is 5.97 Å². The number of thiophene rings is 1. The standard InChI is InChI=1S/C13H13ClO2S/c1-13(2,3)9-7-5-4-6-8(14)10(7)17-11(9)12(15)16/h4-6H,1-3H3,(H,15,16). The van der Waals surface area contributed by atoms with E-state index in [4.69, 9.17) is 11.6 Å². The summed E-state index contributed by atoms with van der Waals surface area (Å²) in [7, 11) is 0. The van der Waals surface area contributed by atoms with E-state index in [2.05, 4.69) is 0 Å². The smallest absolute Gasteiger partial charge is 0.346 e. The van der Waals surface area contributed by atoms with Crippen LogP contribution in [-0.2, 0) is 5.41 Å². The van der Waals surface area contributed by atoms with Crippen LogP contribution in [0.4, 0.5) is 0 Å². The first-order valence-corrected chi connectivity index (χ1v) is 6.46. The normalized spacial score (nSPS) is 12.0. The van der Waals surface area contributed by atoms with E-state index in [-0.39, 0.29) is 5.41 Å². The number of carboxylic acids is 1. The molecule has 17 heavy (non-hydrogen) atoms. The van der Waals surface area contributed by atoms with Gasteiger partial charge in [-0.05, 0) is 22.4 Å². The second kappa shape index (κ2) is 4.00. The molecule has 0 bridgehead atoms. The predicted octanol–water partition coefficient (Wildman–Crippen LogP) is 4.55. The Morgan fingerprint density at radius 2 is 2.00 bits per heavy atom. The highest BCUT2D eigenvalue weighted by molar-refractivity contribution is 7.21. The number of halogens is 1. The highest BCUT2D eigenvalue weighted by Gasteiger charge is 2.27. The van der Waals surface area contributed by atoms with Crippen LogP contribution in [0, 0.1) is 0 Å². The number of aromatic carboxylic acids is 1. The van der Waals surface area contributed by atoms with Gasteiger partial charge in [0.25, 0.3) is 0 Å². The largest absolute Gasteiger partial charge is 0.477 e. The van der Waals surface area contributed by atoms with Crippen LogP contribution in [0.15, 0.2) is 18.2 Å². The fourth-order valence-electron chi connectivity index (χ4n) is 1.98. The zero-order valence-electron chi connectivity index (χ0n) is 9.87. The van der Waals surface area contributed by atoms with Crippen LogP contribution < -0.4 is 0 Å². The van der Waals surface area contributed by atoms with Gasteiger partial charge in [-0.2, -0.15) is 0 Å². The third kappa shape index (κ3) is 2.05. The number of hydrogen-bond donors (Lipinski definition) is 1. The molecule has 0 aliphatic rings. The van der Waals surface area contributed by atoms with Gasteiger partial charge in [-0.25, -0.2) is 4.79 Å². The fraction of sp³-hybridized carbons (Fsp3) is 0.308. The van der Waals surface area contributed by atoms with E-state index in [1.165, 1.54) is 11.3 Å². The maximum atomic E-state index is 11.3. The van der Waals surface area contributed by atoms with Gasteiger partial charge in [-0.3, -0.25) is 0 Å². The zero-order chi connectivity index (χ0) is 12.8. The van der Waals surface area contributed by atoms with Gasteiger partial charge in [0.05, 0.1) is 9.72 Å². The zero-order valence-corrected chi connectivity index (χ0v) is 11.4. The first kappa shape index (κ1) is 12.4. The van der Waals surface area contributed by atoms with Crippen molar-refractivity contribution in [1.82, 2.24) is 0 Å². The topological polar surface area (TPSA) is 37.3 Å². The molecule has 2 aromatic rings. The van der Waals surface area contributed by atoms with Gasteiger partial charge in [0.1, 0.15) is 4.88 Å². The maximum Gasteiger partial charge on any atom is 0.346 e. The molecule has 1 heterocycles. The molecule has 1 aromatic heterocycles. The third-order valence-corrected chi connectivity index (χ3v) is 4.27. The van der Waals surface area contributed by atoms with E-state index in [0.29, 0.717) is 9.90 Å². The fourth-order valence-corrected chi connectivity index (χ4v) is 3.53. The van der Waals surface area contributed by atoms with E-state index >= 15 is 0 Å². The SMILES string of the molecule is CC(C)(C)c1c(C(=O)O)sc2c(Cl)cccc12. The van der Waals surface area contributed by atoms with Crippen LogP contribution in [0.25, 0.3) is 10.1 Å². The van der Waals surface area contributed by atoms with Gasteiger partial charge in [-0.1, -0.05) is 44.5 Å². The van der Waals surface area contributed by atoms with Crippen molar-refractivity contribution in [3.8, 4) is 0 Å². The lowest BCUT2D eigenvalue weighted by atomic mass is 9.85. The lowest BCUT2D eigenvalue weighted by Crippen LogP contribution is -2.14. The van der Waals surface area contributed by atoms with Crippen molar-refractivity contribution in [3.63, 3.8) is 0 Å². The Labute approximate surface area is 109 Å². The molecule has 0 atom stereocenters. The number of fused-ring (bicyclic) bond motifs is 1. The van der Waals surface area contributed by atoms with Gasteiger partial charge in [0, 0.05) is 0 Å². The molecule has 4 heteroatoms. The summed E-state index contributed by atoms with van der Waals surface area (Å²) in [6.45, 7) is 6.05. The van der Waals surface area contributed by atoms with Crippen LogP contribution >= 0.6 is 22.9 Å². The highest BCUT2D eigenvalue weighted by atomic mass is 35.5. The van der Waals surface area contributed by atoms with Crippen molar-refractivity contribution in [2.75, 3.05) is 0 Å². The minimum atomic E-state index is -0.882. The molecule has 2 rings (SSSR count). The summed E-state index contributed by atoms with van der Waals surface area (Å²) >= 11 is 7.37. The highest BCUT2D eigenvalue weighted by Crippen LogP contribution is 2.41. The first-order valence-electron chi connectivity index (χ1n) is 5.27. The van der Waals surface area contributed by atoms with E-state index in [1.54, 1.807) is 6.07 Å². The van der Waals surface area contributed by atoms with Crippen molar-refractivity contribution in [2.45, 2.75) is 26.2 Å². The second-order valence-electron chi connectivity index (χ2n) is 4.98. The molecule has 0 spiro atoms. The monoisotopic (exact) mass is 268 g/mol. The Hall–Kier alpha value is -1.06. The molecule has 1 N–H and O–H groups in total. The van der Waals surface area contributed by atoms with Crippen molar-refractivity contribution in [1.29, 1.82) is 0 Å². The molecule has 0 unspecified atom stereocenters. The van der Waals surface area contributed by atoms with Gasteiger partial charge in [-0.15, -0.1) is 11.3 Å². The van der Waals surface area contributed by atoms with Crippen LogP contribution in [0.1, 0.15) is 36.0 Å². The summed E-state index contributed by atoms with van der Waals surface area (Å²) in [6, 6.07) is 5.58. The third-order valence-electron chi connectivity index (χ3n) is 2.61. The molecular formula is C13H13ClO2S. The molecular weight excluding hydrogens is 256 g/mol. The van der Waals surface area contributed by atoms with Crippen molar-refractivity contribution in [2.24, 2.45) is 0 Å². The van der Waals surface area contributed by atoms with Gasteiger partial charge in [0.2, 0.25) is 0 Å². The Bertz CT molecular complexity index is 593. The van der Waals surface area contributed by atoms with Crippen molar-refractivity contribution in [3.05, 3.63) is 33.7 Å². The van der Waals surface area contributed by atoms with Crippen LogP contribution in [0.5, 0.6) is 0 Å². The molecule has 1 aromatic carbocycles. The first-order chi connectivity index (χ1) is 7.82. The minimum Gasteiger partial charge on any atom is -0.477 e. The van der Waals surface area contributed by atoms with Crippen LogP contribution in [0.3, 0.4) is 0 Å². The molecule has 0 aliphatic carbocycles. The summed E-state index contributed by atoms with van der Waals surface area (Å²) in [6.07, 6.45) is 0. The van der Waals surface area contributed by atoms with Crippen LogP contribution in [0.2, 0.25) is 5.02 Å². The second-order valence-corrected chi connectivity index (χ2v) is 6.41. The number of carboxylic acid groups (broad SMARTS) is 1. The number of rotatable bonds is 1. The number of hydrogen-bond acceptors (Lipinski definition) is 2. The van der Waals surface area contributed by atoms with E-state index in [0.717, 1.165) is 15.6 Å². The van der Waals surface area contributed by atoms with Gasteiger partial charge in [0.15, 0.2) is 0 Å². The molecule has 0 fully saturated rings. The molecule has 0 saturated carbocycles. The average molecular weight is 269 g/mol. The molecule has 90 valence electrons. The summed E-state index contributed by atoms with van der Waals surface area (Å²) in [5.41, 5.74) is 0.656. The predicted molar refractivity (Wildman–Crippen MR) is 72.5 cm³/mol. The summed E-state index contributed by atoms with van der Waals surface area (Å²) in [4.78, 5) is 11.7. The molecule has 0 radical (unpaired) electrons. The van der Waals surface area contributed by atoms with Gasteiger partial charge < -0.3 is 5.11 Å². The van der Waals surface area contributed by atoms with E-state index in [1.807, 2.05) is 32.9 Å². The average Bonchev–Trinajstić information content (AvgIpc) is 2.57. The minimum absolute atomic E-state index is 0.212. The summed E-state index contributed by atoms with van der Waals surface area (Å²) in [5, 5.41) is 10.9. The molecule has 0 saturated heterocycles. The van der Waals surface area contributed by atoms with Crippen molar-refractivity contribution < 1.29 is 9.90 Å². The van der Waals surface area contributed by atoms with Crippen LogP contribution in [-0.4, -0.2) is 11.1 Å². The molecule has 2 nitrogen and oxygen atoms in total. The van der Waals surface area contributed by atoms with Crippen molar-refractivity contribution >= 4 is 39.0 Å². The Kier molecular flexibility index (Phi) is 2.92. The Morgan fingerprint density at radius 1 is 1.35 bits per heavy atom. The van der Waals surface area contributed by atoms with E-state index < -0.39 is 5.97 Å². The lowest BCUT2D eigenvalue weighted by Gasteiger charge is -2.19. The Morgan fingerprint density at radius 3 is 2.53 bits per heavy atom. The summed E-state index contributed by atoms with van der Waals surface area (Å²) in [5.74, 6) is -0.882. The quantitative estimate of drug-likeness (QED) is 0.824. The molecule has 0 amide bonds.